The van der Waals surface area contributed by atoms with Crippen LogP contribution in [-0.2, 0) is 7.05 Å². The van der Waals surface area contributed by atoms with E-state index in [1.165, 1.54) is 9.75 Å². The number of benzene rings is 1. The van der Waals surface area contributed by atoms with Crippen LogP contribution in [0.3, 0.4) is 0 Å². The highest BCUT2D eigenvalue weighted by atomic mass is 32.1. The second-order valence-corrected chi connectivity index (χ2v) is 6.61. The summed E-state index contributed by atoms with van der Waals surface area (Å²) in [5, 5.41) is 4.55. The molecule has 0 saturated heterocycles. The summed E-state index contributed by atoms with van der Waals surface area (Å²) in [5.41, 5.74) is 1.85. The number of thiophene rings is 1. The van der Waals surface area contributed by atoms with Gasteiger partial charge in [0, 0.05) is 33.9 Å². The van der Waals surface area contributed by atoms with Gasteiger partial charge in [-0.2, -0.15) is 0 Å². The Kier molecular flexibility index (Phi) is 3.55. The second kappa shape index (κ2) is 5.37. The van der Waals surface area contributed by atoms with E-state index in [4.69, 9.17) is 0 Å². The molecule has 1 aromatic carbocycles. The molecule has 3 aromatic rings. The lowest BCUT2D eigenvalue weighted by atomic mass is 10.1. The first-order chi connectivity index (χ1) is 10.1. The zero-order valence-corrected chi connectivity index (χ0v) is 13.2. The highest BCUT2D eigenvalue weighted by molar-refractivity contribution is 7.12. The topological polar surface area (TPSA) is 34.0 Å². The summed E-state index contributed by atoms with van der Waals surface area (Å²) in [6, 6.07) is 14.1. The lowest BCUT2D eigenvalue weighted by Crippen LogP contribution is -2.18. The summed E-state index contributed by atoms with van der Waals surface area (Å²) in [7, 11) is 1.81. The average Bonchev–Trinajstić information content (AvgIpc) is 2.91. The number of nitrogens with one attached hydrogen (secondary N) is 1. The molecule has 4 heteroatoms. The van der Waals surface area contributed by atoms with Crippen molar-refractivity contribution in [2.75, 3.05) is 5.32 Å². The second-order valence-electron chi connectivity index (χ2n) is 5.29. The Morgan fingerprint density at radius 1 is 1.19 bits per heavy atom. The Labute approximate surface area is 127 Å². The highest BCUT2D eigenvalue weighted by Gasteiger charge is 2.11. The van der Waals surface area contributed by atoms with Crippen molar-refractivity contribution in [3.8, 4) is 0 Å². The summed E-state index contributed by atoms with van der Waals surface area (Å²) in [6.45, 7) is 4.23. The third-order valence-electron chi connectivity index (χ3n) is 3.71. The average molecular weight is 298 g/mol. The Morgan fingerprint density at radius 3 is 2.67 bits per heavy atom. The Morgan fingerprint density at radius 2 is 1.95 bits per heavy atom. The quantitative estimate of drug-likeness (QED) is 0.790. The number of fused-ring (bicyclic) bond motifs is 1. The van der Waals surface area contributed by atoms with Crippen molar-refractivity contribution in [2.24, 2.45) is 7.05 Å². The van der Waals surface area contributed by atoms with Crippen molar-refractivity contribution in [1.29, 1.82) is 0 Å². The third kappa shape index (κ3) is 2.59. The molecule has 21 heavy (non-hydrogen) atoms. The van der Waals surface area contributed by atoms with Gasteiger partial charge >= 0.3 is 0 Å². The van der Waals surface area contributed by atoms with Gasteiger partial charge in [-0.25, -0.2) is 0 Å². The fourth-order valence-corrected chi connectivity index (χ4v) is 3.40. The molecule has 1 N–H and O–H groups in total. The third-order valence-corrected chi connectivity index (χ3v) is 4.90. The molecule has 0 aliphatic rings. The van der Waals surface area contributed by atoms with Crippen LogP contribution in [0, 0.1) is 6.92 Å². The van der Waals surface area contributed by atoms with Gasteiger partial charge in [-0.3, -0.25) is 4.79 Å². The fourth-order valence-electron chi connectivity index (χ4n) is 2.52. The lowest BCUT2D eigenvalue weighted by Gasteiger charge is -2.16. The minimum atomic E-state index is 0.00533. The molecule has 0 spiro atoms. The van der Waals surface area contributed by atoms with Crippen LogP contribution in [0.5, 0.6) is 0 Å². The van der Waals surface area contributed by atoms with Crippen molar-refractivity contribution in [1.82, 2.24) is 4.57 Å². The first-order valence-corrected chi connectivity index (χ1v) is 7.79. The van der Waals surface area contributed by atoms with Crippen molar-refractivity contribution >= 4 is 27.9 Å². The zero-order valence-electron chi connectivity index (χ0n) is 12.4. The van der Waals surface area contributed by atoms with Gasteiger partial charge in [0.15, 0.2) is 0 Å². The molecule has 0 fully saturated rings. The molecule has 1 unspecified atom stereocenters. The van der Waals surface area contributed by atoms with Crippen molar-refractivity contribution in [3.63, 3.8) is 0 Å². The lowest BCUT2D eigenvalue weighted by molar-refractivity contribution is 0.888. The minimum Gasteiger partial charge on any atom is -0.377 e. The molecule has 0 aliphatic carbocycles. The highest BCUT2D eigenvalue weighted by Crippen LogP contribution is 2.28. The van der Waals surface area contributed by atoms with Crippen molar-refractivity contribution < 1.29 is 0 Å². The molecule has 0 bridgehead atoms. The van der Waals surface area contributed by atoms with E-state index in [-0.39, 0.29) is 11.6 Å². The molecule has 0 radical (unpaired) electrons. The van der Waals surface area contributed by atoms with Crippen LogP contribution in [-0.4, -0.2) is 4.57 Å². The maximum absolute atomic E-state index is 12.1. The van der Waals surface area contributed by atoms with Gasteiger partial charge in [0.1, 0.15) is 0 Å². The summed E-state index contributed by atoms with van der Waals surface area (Å²) >= 11 is 1.78. The Balaban J connectivity index is 2.05. The minimum absolute atomic E-state index is 0.00533. The van der Waals surface area contributed by atoms with Gasteiger partial charge in [0.25, 0.3) is 5.56 Å². The summed E-state index contributed by atoms with van der Waals surface area (Å²) in [4.78, 5) is 14.7. The molecule has 2 heterocycles. The van der Waals surface area contributed by atoms with E-state index in [9.17, 15) is 4.79 Å². The number of hydrogen-bond donors (Lipinski definition) is 1. The molecule has 0 aliphatic heterocycles. The molecule has 0 amide bonds. The number of para-hydroxylation sites is 1. The fraction of sp³-hybridized carbons (Fsp3) is 0.235. The van der Waals surface area contributed by atoms with Crippen LogP contribution in [0.4, 0.5) is 5.69 Å². The standard InChI is InChI=1S/C17H18N2OS/c1-11-8-9-16(21-11)12(2)18-14-10-17(20)19(3)15-7-5-4-6-13(14)15/h4-10,12,18H,1-3H3. The van der Waals surface area contributed by atoms with Crippen molar-refractivity contribution in [3.05, 3.63) is 62.6 Å². The SMILES string of the molecule is Cc1ccc(C(C)Nc2cc(=O)n(C)c3ccccc23)s1. The Hall–Kier alpha value is -2.07. The molecule has 1 atom stereocenters. The molecule has 3 nitrogen and oxygen atoms in total. The van der Waals surface area contributed by atoms with E-state index in [1.54, 1.807) is 29.0 Å². The molecule has 2 aromatic heterocycles. The normalized spacial score (nSPS) is 12.5. The van der Waals surface area contributed by atoms with E-state index in [1.807, 2.05) is 24.3 Å². The summed E-state index contributed by atoms with van der Waals surface area (Å²) in [6.07, 6.45) is 0. The van der Waals surface area contributed by atoms with Gasteiger partial charge in [-0.1, -0.05) is 18.2 Å². The molecule has 108 valence electrons. The number of rotatable bonds is 3. The van der Waals surface area contributed by atoms with E-state index in [0.29, 0.717) is 0 Å². The van der Waals surface area contributed by atoms with Gasteiger partial charge in [-0.05, 0) is 32.0 Å². The summed E-state index contributed by atoms with van der Waals surface area (Å²) in [5.74, 6) is 0. The van der Waals surface area contributed by atoms with E-state index >= 15 is 0 Å². The van der Waals surface area contributed by atoms with E-state index in [2.05, 4.69) is 31.3 Å². The van der Waals surface area contributed by atoms with Crippen molar-refractivity contribution in [2.45, 2.75) is 19.9 Å². The molecular weight excluding hydrogens is 280 g/mol. The first-order valence-electron chi connectivity index (χ1n) is 6.98. The van der Waals surface area contributed by atoms with Crippen LogP contribution in [0.1, 0.15) is 22.7 Å². The van der Waals surface area contributed by atoms with Gasteiger partial charge in [-0.15, -0.1) is 11.3 Å². The first kappa shape index (κ1) is 13.9. The van der Waals surface area contributed by atoms with Gasteiger partial charge in [0.05, 0.1) is 11.6 Å². The van der Waals surface area contributed by atoms with Crippen LogP contribution in [0.25, 0.3) is 10.9 Å². The van der Waals surface area contributed by atoms with Gasteiger partial charge in [0.2, 0.25) is 0 Å². The number of aryl methyl sites for hydroxylation is 2. The van der Waals surface area contributed by atoms with Crippen LogP contribution in [0.15, 0.2) is 47.3 Å². The smallest absolute Gasteiger partial charge is 0.252 e. The van der Waals surface area contributed by atoms with Crippen LogP contribution < -0.4 is 10.9 Å². The maximum Gasteiger partial charge on any atom is 0.252 e. The number of pyridine rings is 1. The number of nitrogens with zero attached hydrogens (tertiary/aromatic N) is 1. The zero-order chi connectivity index (χ0) is 15.0. The Bertz CT molecular complexity index is 847. The summed E-state index contributed by atoms with van der Waals surface area (Å²) < 4.78 is 1.68. The largest absolute Gasteiger partial charge is 0.377 e. The number of aromatic nitrogens is 1. The molecule has 0 saturated carbocycles. The number of anilines is 1. The van der Waals surface area contributed by atoms with E-state index < -0.39 is 0 Å². The maximum atomic E-state index is 12.1. The van der Waals surface area contributed by atoms with Crippen LogP contribution >= 0.6 is 11.3 Å². The predicted octanol–water partition coefficient (Wildman–Crippen LogP) is 4.08. The monoisotopic (exact) mass is 298 g/mol. The van der Waals surface area contributed by atoms with Crippen LogP contribution in [0.2, 0.25) is 0 Å². The molecule has 3 rings (SSSR count). The molecular formula is C17H18N2OS. The van der Waals surface area contributed by atoms with E-state index in [0.717, 1.165) is 16.6 Å². The predicted molar refractivity (Wildman–Crippen MR) is 90.3 cm³/mol. The van der Waals surface area contributed by atoms with Gasteiger partial charge < -0.3 is 9.88 Å². The number of hydrogen-bond acceptors (Lipinski definition) is 3.